The fourth-order valence-corrected chi connectivity index (χ4v) is 3.10. The third-order valence-corrected chi connectivity index (χ3v) is 4.76. The first-order chi connectivity index (χ1) is 11.0. The third-order valence-electron chi connectivity index (χ3n) is 2.90. The van der Waals surface area contributed by atoms with Gasteiger partial charge in [-0.15, -0.1) is 0 Å². The van der Waals surface area contributed by atoms with E-state index in [2.05, 4.69) is 15.6 Å². The highest BCUT2D eigenvalue weighted by Gasteiger charge is 2.31. The fourth-order valence-electron chi connectivity index (χ4n) is 1.81. The molecule has 0 spiro atoms. The average molecular weight is 376 g/mol. The van der Waals surface area contributed by atoms with Crippen molar-refractivity contribution in [2.24, 2.45) is 4.99 Å². The van der Waals surface area contributed by atoms with Crippen LogP contribution in [-0.4, -0.2) is 42.5 Å². The van der Waals surface area contributed by atoms with Gasteiger partial charge in [0.2, 0.25) is 11.8 Å². The van der Waals surface area contributed by atoms with E-state index in [0.29, 0.717) is 34.1 Å². The number of rotatable bonds is 6. The fraction of sp³-hybridized carbons (Fsp3) is 0.357. The molecule has 0 saturated carbocycles. The predicted molar refractivity (Wildman–Crippen MR) is 93.4 cm³/mol. The number of aliphatic imine (C=N–C) groups is 1. The minimum atomic E-state index is -0.501. The number of carbonyl (C=O) groups is 2. The monoisotopic (exact) mass is 375 g/mol. The highest BCUT2D eigenvalue weighted by Crippen LogP contribution is 2.26. The molecule has 0 aliphatic carbocycles. The summed E-state index contributed by atoms with van der Waals surface area (Å²) in [6, 6.07) is 4.80. The van der Waals surface area contributed by atoms with Crippen molar-refractivity contribution in [3.8, 4) is 0 Å². The lowest BCUT2D eigenvalue weighted by molar-refractivity contribution is -0.122. The Morgan fingerprint density at radius 1 is 1.43 bits per heavy atom. The molecule has 1 fully saturated rings. The number of nitrogens with zero attached hydrogens (tertiary/aromatic N) is 1. The Morgan fingerprint density at radius 3 is 2.91 bits per heavy atom. The molecule has 1 aliphatic rings. The molecule has 9 heteroatoms. The van der Waals surface area contributed by atoms with Gasteiger partial charge in [0.05, 0.1) is 23.2 Å². The molecule has 1 saturated heterocycles. The second-order valence-corrected chi connectivity index (χ2v) is 6.66. The Balaban J connectivity index is 1.88. The second-order valence-electron chi connectivity index (χ2n) is 4.66. The second kappa shape index (κ2) is 8.54. The Labute approximate surface area is 148 Å². The van der Waals surface area contributed by atoms with Crippen LogP contribution in [0.4, 0.5) is 5.69 Å². The van der Waals surface area contributed by atoms with Crippen molar-refractivity contribution >= 4 is 57.6 Å². The van der Waals surface area contributed by atoms with E-state index in [1.54, 1.807) is 25.3 Å². The normalized spacial score (nSPS) is 19.0. The zero-order valence-corrected chi connectivity index (χ0v) is 14.6. The van der Waals surface area contributed by atoms with Crippen molar-refractivity contribution in [3.63, 3.8) is 0 Å². The summed E-state index contributed by atoms with van der Waals surface area (Å²) in [4.78, 5) is 28.1. The summed E-state index contributed by atoms with van der Waals surface area (Å²) < 4.78 is 4.89. The molecule has 1 aromatic rings. The number of amidine groups is 1. The van der Waals surface area contributed by atoms with E-state index in [-0.39, 0.29) is 18.2 Å². The van der Waals surface area contributed by atoms with Gasteiger partial charge in [-0.1, -0.05) is 35.0 Å². The number of anilines is 1. The van der Waals surface area contributed by atoms with Gasteiger partial charge in [0.1, 0.15) is 5.25 Å². The Kier molecular flexibility index (Phi) is 6.71. The minimum absolute atomic E-state index is 0.0417. The lowest BCUT2D eigenvalue weighted by atomic mass is 10.2. The van der Waals surface area contributed by atoms with Gasteiger partial charge in [-0.3, -0.25) is 14.6 Å². The molecule has 2 N–H and O–H groups in total. The van der Waals surface area contributed by atoms with Crippen molar-refractivity contribution in [1.29, 1.82) is 0 Å². The quantitative estimate of drug-likeness (QED) is 0.748. The maximum Gasteiger partial charge on any atom is 0.240 e. The van der Waals surface area contributed by atoms with Gasteiger partial charge in [0, 0.05) is 19.2 Å². The number of halogens is 2. The largest absolute Gasteiger partial charge is 0.383 e. The van der Waals surface area contributed by atoms with E-state index < -0.39 is 5.25 Å². The van der Waals surface area contributed by atoms with E-state index in [1.165, 1.54) is 11.8 Å². The Bertz CT molecular complexity index is 640. The standard InChI is InChI=1S/C14H15Cl2N3O3S/c1-22-5-4-17-14-19-13(21)11(23-14)7-12(20)18-8-2-3-9(15)10(16)6-8/h2-3,6,11H,4-5,7H2,1H3,(H,18,20)(H,17,19,21)/t11-/m0/s1. The molecule has 0 unspecified atom stereocenters. The number of ether oxygens (including phenoxy) is 1. The van der Waals surface area contributed by atoms with E-state index in [4.69, 9.17) is 27.9 Å². The molecule has 0 aromatic heterocycles. The summed E-state index contributed by atoms with van der Waals surface area (Å²) >= 11 is 13.0. The first-order valence-electron chi connectivity index (χ1n) is 6.75. The number of nitrogens with one attached hydrogen (secondary N) is 2. The molecule has 0 bridgehead atoms. The zero-order chi connectivity index (χ0) is 16.8. The molecule has 23 heavy (non-hydrogen) atoms. The van der Waals surface area contributed by atoms with Gasteiger partial charge >= 0.3 is 0 Å². The van der Waals surface area contributed by atoms with Crippen LogP contribution in [0.2, 0.25) is 10.0 Å². The topological polar surface area (TPSA) is 79.8 Å². The van der Waals surface area contributed by atoms with Gasteiger partial charge in [0.15, 0.2) is 5.17 Å². The average Bonchev–Trinajstić information content (AvgIpc) is 2.83. The van der Waals surface area contributed by atoms with Crippen molar-refractivity contribution in [3.05, 3.63) is 28.2 Å². The van der Waals surface area contributed by atoms with E-state index in [0.717, 1.165) is 0 Å². The number of hydrogen-bond acceptors (Lipinski definition) is 5. The molecular formula is C14H15Cl2N3O3S. The van der Waals surface area contributed by atoms with E-state index in [1.807, 2.05) is 0 Å². The highest BCUT2D eigenvalue weighted by atomic mass is 35.5. The van der Waals surface area contributed by atoms with Crippen LogP contribution in [0.25, 0.3) is 0 Å². The van der Waals surface area contributed by atoms with Crippen LogP contribution in [-0.2, 0) is 14.3 Å². The molecular weight excluding hydrogens is 361 g/mol. The van der Waals surface area contributed by atoms with Crippen LogP contribution in [0.3, 0.4) is 0 Å². The molecule has 1 aliphatic heterocycles. The molecule has 1 heterocycles. The Morgan fingerprint density at radius 2 is 2.22 bits per heavy atom. The summed E-state index contributed by atoms with van der Waals surface area (Å²) in [5, 5.41) is 6.11. The van der Waals surface area contributed by atoms with Crippen LogP contribution in [0.5, 0.6) is 0 Å². The first-order valence-corrected chi connectivity index (χ1v) is 8.39. The van der Waals surface area contributed by atoms with Gasteiger partial charge in [0.25, 0.3) is 0 Å². The maximum absolute atomic E-state index is 12.0. The van der Waals surface area contributed by atoms with Crippen molar-refractivity contribution in [2.45, 2.75) is 11.7 Å². The number of thioether (sulfide) groups is 1. The van der Waals surface area contributed by atoms with Crippen molar-refractivity contribution in [2.75, 3.05) is 25.6 Å². The minimum Gasteiger partial charge on any atom is -0.383 e. The Hall–Kier alpha value is -1.28. The summed E-state index contributed by atoms with van der Waals surface area (Å²) in [7, 11) is 1.58. The van der Waals surface area contributed by atoms with Gasteiger partial charge in [-0.05, 0) is 18.2 Å². The van der Waals surface area contributed by atoms with Gasteiger partial charge in [-0.25, -0.2) is 0 Å². The SMILES string of the molecule is COCCN=C1NC(=O)[C@H](CC(=O)Nc2ccc(Cl)c(Cl)c2)S1. The predicted octanol–water partition coefficient (Wildman–Crippen LogP) is 2.56. The van der Waals surface area contributed by atoms with Crippen LogP contribution in [0.15, 0.2) is 23.2 Å². The number of benzene rings is 1. The number of hydrogen-bond donors (Lipinski definition) is 2. The number of amides is 2. The molecule has 1 atom stereocenters. The zero-order valence-electron chi connectivity index (χ0n) is 12.3. The lowest BCUT2D eigenvalue weighted by Crippen LogP contribution is -2.28. The molecule has 2 amide bonds. The van der Waals surface area contributed by atoms with E-state index >= 15 is 0 Å². The summed E-state index contributed by atoms with van der Waals surface area (Å²) in [6.07, 6.45) is 0.0417. The lowest BCUT2D eigenvalue weighted by Gasteiger charge is -2.08. The molecule has 124 valence electrons. The smallest absolute Gasteiger partial charge is 0.240 e. The van der Waals surface area contributed by atoms with Crippen LogP contribution >= 0.6 is 35.0 Å². The summed E-state index contributed by atoms with van der Waals surface area (Å²) in [5.41, 5.74) is 0.529. The molecule has 6 nitrogen and oxygen atoms in total. The van der Waals surface area contributed by atoms with Crippen molar-refractivity contribution in [1.82, 2.24) is 5.32 Å². The summed E-state index contributed by atoms with van der Waals surface area (Å²) in [6.45, 7) is 0.934. The molecule has 1 aromatic carbocycles. The third kappa shape index (κ3) is 5.39. The molecule has 0 radical (unpaired) electrons. The first kappa shape index (κ1) is 18.1. The number of methoxy groups -OCH3 is 1. The van der Waals surface area contributed by atoms with Gasteiger partial charge < -0.3 is 15.4 Å². The van der Waals surface area contributed by atoms with Crippen LogP contribution in [0, 0.1) is 0 Å². The molecule has 2 rings (SSSR count). The van der Waals surface area contributed by atoms with Crippen LogP contribution < -0.4 is 10.6 Å². The van der Waals surface area contributed by atoms with Crippen molar-refractivity contribution < 1.29 is 14.3 Å². The highest BCUT2D eigenvalue weighted by molar-refractivity contribution is 8.15. The summed E-state index contributed by atoms with van der Waals surface area (Å²) in [5.74, 6) is -0.510. The van der Waals surface area contributed by atoms with Crippen LogP contribution in [0.1, 0.15) is 6.42 Å². The van der Waals surface area contributed by atoms with Gasteiger partial charge in [-0.2, -0.15) is 0 Å². The number of carbonyl (C=O) groups excluding carboxylic acids is 2. The maximum atomic E-state index is 12.0. The van der Waals surface area contributed by atoms with E-state index in [9.17, 15) is 9.59 Å².